The maximum Gasteiger partial charge on any atom is 0.287 e. The predicted molar refractivity (Wildman–Crippen MR) is 114 cm³/mol. The molecule has 4 aromatic heterocycles. The second-order valence-corrected chi connectivity index (χ2v) is 7.21. The molecule has 0 spiro atoms. The van der Waals surface area contributed by atoms with E-state index in [-0.39, 0.29) is 17.8 Å². The molecule has 0 radical (unpaired) electrons. The van der Waals surface area contributed by atoms with Crippen molar-refractivity contribution in [3.63, 3.8) is 0 Å². The molecule has 1 atom stereocenters. The maximum absolute atomic E-state index is 12.7. The Balaban J connectivity index is 1.46. The highest BCUT2D eigenvalue weighted by molar-refractivity contribution is 6.02. The number of H-pyrrole nitrogens is 2. The normalized spacial score (nSPS) is 12.3. The number of hydrogen-bond donors (Lipinski definition) is 3. The third-order valence-corrected chi connectivity index (χ3v) is 5.03. The number of amides is 1. The van der Waals surface area contributed by atoms with Gasteiger partial charge in [0, 0.05) is 29.0 Å². The van der Waals surface area contributed by atoms with Crippen molar-refractivity contribution < 1.29 is 4.79 Å². The van der Waals surface area contributed by atoms with Crippen LogP contribution in [0.25, 0.3) is 33.2 Å². The highest BCUT2D eigenvalue weighted by Gasteiger charge is 2.17. The quantitative estimate of drug-likeness (QED) is 0.428. The number of imidazole rings is 1. The van der Waals surface area contributed by atoms with Crippen molar-refractivity contribution >= 4 is 27.8 Å². The molecule has 30 heavy (non-hydrogen) atoms. The van der Waals surface area contributed by atoms with Crippen molar-refractivity contribution in [2.45, 2.75) is 19.9 Å². The summed E-state index contributed by atoms with van der Waals surface area (Å²) in [6, 6.07) is 13.2. The van der Waals surface area contributed by atoms with Crippen molar-refractivity contribution in [1.82, 2.24) is 35.5 Å². The Morgan fingerprint density at radius 1 is 1.07 bits per heavy atom. The summed E-state index contributed by atoms with van der Waals surface area (Å²) in [5.74, 6) is -0.0197. The maximum atomic E-state index is 12.7. The number of aryl methyl sites for hydroxylation is 1. The number of carbonyl (C=O) groups excluding carboxylic acids is 1. The molecule has 1 aromatic carbocycles. The standard InChI is InChI=1S/C22H19N7O/c1-12-4-3-5-16(24-12)13(2)25-22(30)21-26-18-10-15-17(11-19(18)27-21)28-29-20(15)14-6-8-23-9-7-14/h3-11,13H,1-2H3,(H,25,30)(H,26,27)(H,28,29)/t13-/m0/s1. The lowest BCUT2D eigenvalue weighted by molar-refractivity contribution is 0.0930. The highest BCUT2D eigenvalue weighted by Crippen LogP contribution is 2.28. The number of rotatable bonds is 4. The summed E-state index contributed by atoms with van der Waals surface area (Å²) in [5.41, 5.74) is 5.82. The number of pyridine rings is 2. The van der Waals surface area contributed by atoms with Crippen LogP contribution in [0.2, 0.25) is 0 Å². The van der Waals surface area contributed by atoms with Gasteiger partial charge in [-0.3, -0.25) is 19.9 Å². The summed E-state index contributed by atoms with van der Waals surface area (Å²) in [7, 11) is 0. The lowest BCUT2D eigenvalue weighted by Gasteiger charge is -2.12. The van der Waals surface area contributed by atoms with Crippen LogP contribution in [0.1, 0.15) is 35.0 Å². The number of carbonyl (C=O) groups is 1. The number of nitrogens with zero attached hydrogens (tertiary/aromatic N) is 4. The molecule has 5 aromatic rings. The summed E-state index contributed by atoms with van der Waals surface area (Å²) in [6.07, 6.45) is 3.46. The smallest absolute Gasteiger partial charge is 0.287 e. The van der Waals surface area contributed by atoms with Crippen molar-refractivity contribution in [2.24, 2.45) is 0 Å². The van der Waals surface area contributed by atoms with Crippen LogP contribution in [-0.2, 0) is 0 Å². The van der Waals surface area contributed by atoms with Crippen LogP contribution in [-0.4, -0.2) is 36.0 Å². The first-order valence-corrected chi connectivity index (χ1v) is 9.61. The average molecular weight is 397 g/mol. The molecule has 5 rings (SSSR count). The van der Waals surface area contributed by atoms with Crippen LogP contribution in [0.3, 0.4) is 0 Å². The molecule has 3 N–H and O–H groups in total. The van der Waals surface area contributed by atoms with Gasteiger partial charge in [-0.2, -0.15) is 5.10 Å². The van der Waals surface area contributed by atoms with E-state index in [4.69, 9.17) is 0 Å². The number of fused-ring (bicyclic) bond motifs is 2. The molecule has 0 aliphatic rings. The Bertz CT molecular complexity index is 1370. The van der Waals surface area contributed by atoms with Gasteiger partial charge in [-0.25, -0.2) is 4.98 Å². The molecule has 8 nitrogen and oxygen atoms in total. The van der Waals surface area contributed by atoms with E-state index >= 15 is 0 Å². The van der Waals surface area contributed by atoms with E-state index in [1.165, 1.54) is 0 Å². The Kier molecular flexibility index (Phi) is 4.24. The molecular weight excluding hydrogens is 378 g/mol. The van der Waals surface area contributed by atoms with Gasteiger partial charge in [0.1, 0.15) is 5.69 Å². The number of aromatic nitrogens is 6. The van der Waals surface area contributed by atoms with Crippen molar-refractivity contribution in [3.8, 4) is 11.3 Å². The van der Waals surface area contributed by atoms with Crippen molar-refractivity contribution in [3.05, 3.63) is 72.1 Å². The lowest BCUT2D eigenvalue weighted by atomic mass is 10.1. The zero-order chi connectivity index (χ0) is 20.7. The minimum Gasteiger partial charge on any atom is -0.341 e. The first kappa shape index (κ1) is 18.0. The fourth-order valence-corrected chi connectivity index (χ4v) is 3.50. The zero-order valence-corrected chi connectivity index (χ0v) is 16.5. The third kappa shape index (κ3) is 3.18. The van der Waals surface area contributed by atoms with Gasteiger partial charge >= 0.3 is 0 Å². The Labute approximate surface area is 171 Å². The number of aromatic amines is 2. The number of benzene rings is 1. The summed E-state index contributed by atoms with van der Waals surface area (Å²) in [5, 5.41) is 11.4. The van der Waals surface area contributed by atoms with Crippen LogP contribution >= 0.6 is 0 Å². The van der Waals surface area contributed by atoms with Crippen LogP contribution in [0, 0.1) is 6.92 Å². The highest BCUT2D eigenvalue weighted by atomic mass is 16.2. The van der Waals surface area contributed by atoms with Crippen molar-refractivity contribution in [2.75, 3.05) is 0 Å². The molecule has 0 saturated carbocycles. The molecule has 0 fully saturated rings. The topological polar surface area (TPSA) is 112 Å². The van der Waals surface area contributed by atoms with Crippen LogP contribution in [0.15, 0.2) is 54.9 Å². The SMILES string of the molecule is Cc1cccc([C@H](C)NC(=O)c2nc3cc4c(-c5ccncc5)n[nH]c4cc3[nH]2)n1. The Morgan fingerprint density at radius 2 is 1.90 bits per heavy atom. The molecule has 0 unspecified atom stereocenters. The van der Waals surface area contributed by atoms with E-state index in [0.717, 1.165) is 39.1 Å². The molecular formula is C22H19N7O. The van der Waals surface area contributed by atoms with E-state index in [1.807, 2.05) is 56.3 Å². The van der Waals surface area contributed by atoms with Gasteiger partial charge in [0.05, 0.1) is 28.3 Å². The summed E-state index contributed by atoms with van der Waals surface area (Å²) in [6.45, 7) is 3.83. The average Bonchev–Trinajstić information content (AvgIpc) is 3.36. The van der Waals surface area contributed by atoms with Crippen LogP contribution in [0.4, 0.5) is 0 Å². The van der Waals surface area contributed by atoms with Gasteiger partial charge < -0.3 is 10.3 Å². The lowest BCUT2D eigenvalue weighted by Crippen LogP contribution is -2.28. The van der Waals surface area contributed by atoms with Gasteiger partial charge in [-0.1, -0.05) is 6.07 Å². The van der Waals surface area contributed by atoms with E-state index in [9.17, 15) is 4.79 Å². The Morgan fingerprint density at radius 3 is 2.70 bits per heavy atom. The zero-order valence-electron chi connectivity index (χ0n) is 16.5. The van der Waals surface area contributed by atoms with E-state index in [0.29, 0.717) is 5.52 Å². The van der Waals surface area contributed by atoms with E-state index in [1.54, 1.807) is 12.4 Å². The van der Waals surface area contributed by atoms with Gasteiger partial charge in [0.2, 0.25) is 0 Å². The summed E-state index contributed by atoms with van der Waals surface area (Å²) >= 11 is 0. The molecule has 0 aliphatic carbocycles. The molecule has 148 valence electrons. The van der Waals surface area contributed by atoms with Crippen LogP contribution in [0.5, 0.6) is 0 Å². The summed E-state index contributed by atoms with van der Waals surface area (Å²) in [4.78, 5) is 28.9. The second kappa shape index (κ2) is 7.07. The van der Waals surface area contributed by atoms with E-state index in [2.05, 4.69) is 35.5 Å². The van der Waals surface area contributed by atoms with Gasteiger partial charge in [-0.15, -0.1) is 0 Å². The molecule has 0 bridgehead atoms. The minimum atomic E-state index is -0.279. The minimum absolute atomic E-state index is 0.234. The first-order valence-electron chi connectivity index (χ1n) is 9.61. The molecule has 8 heteroatoms. The molecule has 4 heterocycles. The predicted octanol–water partition coefficient (Wildman–Crippen LogP) is 3.70. The molecule has 1 amide bonds. The number of hydrogen-bond acceptors (Lipinski definition) is 5. The first-order chi connectivity index (χ1) is 14.6. The largest absolute Gasteiger partial charge is 0.341 e. The van der Waals surface area contributed by atoms with Gasteiger partial charge in [0.15, 0.2) is 5.82 Å². The fraction of sp³-hybridized carbons (Fsp3) is 0.136. The molecule has 0 saturated heterocycles. The van der Waals surface area contributed by atoms with Crippen molar-refractivity contribution in [1.29, 1.82) is 0 Å². The fourth-order valence-electron chi connectivity index (χ4n) is 3.50. The Hall–Kier alpha value is -4.07. The van der Waals surface area contributed by atoms with Gasteiger partial charge in [-0.05, 0) is 50.2 Å². The monoisotopic (exact) mass is 397 g/mol. The van der Waals surface area contributed by atoms with E-state index < -0.39 is 0 Å². The number of nitrogens with one attached hydrogen (secondary N) is 3. The second-order valence-electron chi connectivity index (χ2n) is 7.21. The summed E-state index contributed by atoms with van der Waals surface area (Å²) < 4.78 is 0. The van der Waals surface area contributed by atoms with Crippen LogP contribution < -0.4 is 5.32 Å². The van der Waals surface area contributed by atoms with Gasteiger partial charge in [0.25, 0.3) is 5.91 Å². The third-order valence-electron chi connectivity index (χ3n) is 5.03. The molecule has 0 aliphatic heterocycles.